The fraction of sp³-hybridized carbons (Fsp3) is 1.00. The minimum absolute atomic E-state index is 0.0907. The van der Waals surface area contributed by atoms with Crippen LogP contribution in [-0.2, 0) is 4.74 Å². The normalized spacial score (nSPS) is 30.5. The highest BCUT2D eigenvalue weighted by Gasteiger charge is 2.26. The van der Waals surface area contributed by atoms with Gasteiger partial charge in [0.25, 0.3) is 0 Å². The molecule has 1 aliphatic rings. The predicted octanol–water partition coefficient (Wildman–Crippen LogP) is 1.50. The van der Waals surface area contributed by atoms with Gasteiger partial charge in [-0.25, -0.2) is 0 Å². The Hall–Kier alpha value is -0.150. The molecular formula is C9H18FNO. The van der Waals surface area contributed by atoms with E-state index >= 15 is 0 Å². The van der Waals surface area contributed by atoms with Gasteiger partial charge in [0.15, 0.2) is 0 Å². The molecule has 0 radical (unpaired) electrons. The van der Waals surface area contributed by atoms with Crippen LogP contribution in [-0.4, -0.2) is 32.0 Å². The van der Waals surface area contributed by atoms with Crippen molar-refractivity contribution in [2.75, 3.05) is 26.4 Å². The predicted molar refractivity (Wildman–Crippen MR) is 47.1 cm³/mol. The first-order chi connectivity index (χ1) is 5.77. The van der Waals surface area contributed by atoms with Gasteiger partial charge in [0.05, 0.1) is 13.3 Å². The molecule has 0 bridgehead atoms. The molecule has 0 spiro atoms. The molecule has 12 heavy (non-hydrogen) atoms. The Morgan fingerprint density at radius 1 is 1.58 bits per heavy atom. The van der Waals surface area contributed by atoms with E-state index in [0.717, 1.165) is 32.6 Å². The summed E-state index contributed by atoms with van der Waals surface area (Å²) in [4.78, 5) is 0. The molecule has 0 aromatic rings. The molecule has 1 atom stereocenters. The van der Waals surface area contributed by atoms with Crippen molar-refractivity contribution in [1.29, 1.82) is 0 Å². The number of ether oxygens (including phenoxy) is 1. The number of hydrogen-bond donors (Lipinski definition) is 1. The van der Waals surface area contributed by atoms with E-state index in [9.17, 15) is 4.39 Å². The Morgan fingerprint density at radius 2 is 2.42 bits per heavy atom. The lowest BCUT2D eigenvalue weighted by molar-refractivity contribution is 0.0285. The van der Waals surface area contributed by atoms with Crippen LogP contribution in [0.3, 0.4) is 0 Å². The van der Waals surface area contributed by atoms with Crippen LogP contribution in [0.5, 0.6) is 0 Å². The Labute approximate surface area is 73.5 Å². The Balaban J connectivity index is 2.17. The minimum Gasteiger partial charge on any atom is -0.380 e. The van der Waals surface area contributed by atoms with E-state index in [4.69, 9.17) is 4.74 Å². The molecule has 0 saturated carbocycles. The van der Waals surface area contributed by atoms with Crippen LogP contribution >= 0.6 is 0 Å². The highest BCUT2D eigenvalue weighted by Crippen LogP contribution is 2.17. The van der Waals surface area contributed by atoms with E-state index in [2.05, 4.69) is 12.2 Å². The Kier molecular flexibility index (Phi) is 3.95. The van der Waals surface area contributed by atoms with E-state index in [1.54, 1.807) is 0 Å². The molecule has 1 fully saturated rings. The van der Waals surface area contributed by atoms with Crippen molar-refractivity contribution < 1.29 is 9.13 Å². The summed E-state index contributed by atoms with van der Waals surface area (Å²) in [6.07, 6.45) is 2.86. The molecule has 1 unspecified atom stereocenters. The van der Waals surface area contributed by atoms with Crippen LogP contribution < -0.4 is 5.32 Å². The number of halogens is 1. The van der Waals surface area contributed by atoms with Crippen LogP contribution in [0.15, 0.2) is 0 Å². The molecule has 1 N–H and O–H groups in total. The lowest BCUT2D eigenvalue weighted by Crippen LogP contribution is -2.49. The third kappa shape index (κ3) is 3.07. The van der Waals surface area contributed by atoms with Gasteiger partial charge in [-0.2, -0.15) is 0 Å². The van der Waals surface area contributed by atoms with Crippen molar-refractivity contribution in [2.45, 2.75) is 31.7 Å². The molecule has 72 valence electrons. The van der Waals surface area contributed by atoms with Crippen LogP contribution in [0.1, 0.15) is 26.2 Å². The average Bonchev–Trinajstić information content (AvgIpc) is 2.06. The smallest absolute Gasteiger partial charge is 0.0906 e. The SMILES string of the molecule is CC1(NCCCF)CCCOC1. The lowest BCUT2D eigenvalue weighted by atomic mass is 9.95. The van der Waals surface area contributed by atoms with Gasteiger partial charge in [-0.15, -0.1) is 0 Å². The van der Waals surface area contributed by atoms with Gasteiger partial charge in [0, 0.05) is 12.1 Å². The maximum atomic E-state index is 11.8. The first-order valence-electron chi connectivity index (χ1n) is 4.66. The monoisotopic (exact) mass is 175 g/mol. The maximum Gasteiger partial charge on any atom is 0.0906 e. The number of alkyl halides is 1. The molecule has 1 aliphatic heterocycles. The van der Waals surface area contributed by atoms with Crippen LogP contribution in [0.4, 0.5) is 4.39 Å². The second-order valence-electron chi connectivity index (χ2n) is 3.69. The van der Waals surface area contributed by atoms with E-state index < -0.39 is 0 Å². The highest BCUT2D eigenvalue weighted by molar-refractivity contribution is 4.84. The number of rotatable bonds is 4. The molecule has 0 aromatic heterocycles. The summed E-state index contributed by atoms with van der Waals surface area (Å²) in [7, 11) is 0. The Bertz CT molecular complexity index is 124. The van der Waals surface area contributed by atoms with Crippen molar-refractivity contribution in [3.05, 3.63) is 0 Å². The van der Waals surface area contributed by atoms with Crippen LogP contribution in [0.2, 0.25) is 0 Å². The van der Waals surface area contributed by atoms with Crippen molar-refractivity contribution in [3.8, 4) is 0 Å². The van der Waals surface area contributed by atoms with E-state index in [0.29, 0.717) is 6.42 Å². The number of hydrogen-bond acceptors (Lipinski definition) is 2. The van der Waals surface area contributed by atoms with Gasteiger partial charge >= 0.3 is 0 Å². The molecule has 0 amide bonds. The van der Waals surface area contributed by atoms with Crippen molar-refractivity contribution in [3.63, 3.8) is 0 Å². The zero-order valence-electron chi connectivity index (χ0n) is 7.74. The third-order valence-corrected chi connectivity index (χ3v) is 2.30. The largest absolute Gasteiger partial charge is 0.380 e. The molecule has 3 heteroatoms. The summed E-state index contributed by atoms with van der Waals surface area (Å²) in [5.74, 6) is 0. The molecule has 1 saturated heterocycles. The first kappa shape index (κ1) is 9.93. The van der Waals surface area contributed by atoms with Gasteiger partial charge in [0.1, 0.15) is 0 Å². The van der Waals surface area contributed by atoms with Crippen LogP contribution in [0, 0.1) is 0 Å². The fourth-order valence-electron chi connectivity index (χ4n) is 1.53. The third-order valence-electron chi connectivity index (χ3n) is 2.30. The van der Waals surface area contributed by atoms with Gasteiger partial charge in [0.2, 0.25) is 0 Å². The summed E-state index contributed by atoms with van der Waals surface area (Å²) in [5, 5.41) is 3.33. The van der Waals surface area contributed by atoms with Crippen LogP contribution in [0.25, 0.3) is 0 Å². The maximum absolute atomic E-state index is 11.8. The zero-order chi connectivity index (χ0) is 8.86. The molecular weight excluding hydrogens is 157 g/mol. The van der Waals surface area contributed by atoms with Gasteiger partial charge < -0.3 is 10.1 Å². The average molecular weight is 175 g/mol. The molecule has 0 aromatic carbocycles. The topological polar surface area (TPSA) is 21.3 Å². The van der Waals surface area contributed by atoms with Crippen molar-refractivity contribution in [1.82, 2.24) is 5.32 Å². The minimum atomic E-state index is -0.232. The fourth-order valence-corrected chi connectivity index (χ4v) is 1.53. The Morgan fingerprint density at radius 3 is 3.00 bits per heavy atom. The summed E-state index contributed by atoms with van der Waals surface area (Å²) in [5.41, 5.74) is 0.0907. The molecule has 1 rings (SSSR count). The molecule has 1 heterocycles. The standard InChI is InChI=1S/C9H18FNO/c1-9(11-6-3-5-10)4-2-7-12-8-9/h11H,2-8H2,1H3. The highest BCUT2D eigenvalue weighted by atomic mass is 19.1. The van der Waals surface area contributed by atoms with Gasteiger partial charge in [-0.3, -0.25) is 4.39 Å². The van der Waals surface area contributed by atoms with E-state index in [1.165, 1.54) is 0 Å². The van der Waals surface area contributed by atoms with Gasteiger partial charge in [-0.1, -0.05) is 0 Å². The summed E-state index contributed by atoms with van der Waals surface area (Å²) in [6.45, 7) is 4.31. The van der Waals surface area contributed by atoms with E-state index in [1.807, 2.05) is 0 Å². The van der Waals surface area contributed by atoms with Crippen molar-refractivity contribution in [2.24, 2.45) is 0 Å². The van der Waals surface area contributed by atoms with Crippen molar-refractivity contribution >= 4 is 0 Å². The second kappa shape index (κ2) is 4.77. The van der Waals surface area contributed by atoms with Gasteiger partial charge in [-0.05, 0) is 32.7 Å². The summed E-state index contributed by atoms with van der Waals surface area (Å²) < 4.78 is 17.2. The number of nitrogens with one attached hydrogen (secondary N) is 1. The first-order valence-corrected chi connectivity index (χ1v) is 4.66. The summed E-state index contributed by atoms with van der Waals surface area (Å²) in [6, 6.07) is 0. The zero-order valence-corrected chi connectivity index (χ0v) is 7.74. The molecule has 0 aliphatic carbocycles. The lowest BCUT2D eigenvalue weighted by Gasteiger charge is -2.34. The summed E-state index contributed by atoms with van der Waals surface area (Å²) >= 11 is 0. The quantitative estimate of drug-likeness (QED) is 0.654. The van der Waals surface area contributed by atoms with E-state index in [-0.39, 0.29) is 12.2 Å². The second-order valence-corrected chi connectivity index (χ2v) is 3.69. The molecule has 2 nitrogen and oxygen atoms in total.